The number of hydrogen-bond donors (Lipinski definition) is 1. The number of aliphatic hydroxyl groups is 1. The highest BCUT2D eigenvalue weighted by Crippen LogP contribution is 2.13. The maximum Gasteiger partial charge on any atom is 0.251 e. The molecule has 1 N–H and O–H groups in total. The predicted octanol–water partition coefficient (Wildman–Crippen LogP) is 2.31. The molecule has 1 aromatic heterocycles. The number of pyridine rings is 1. The summed E-state index contributed by atoms with van der Waals surface area (Å²) in [5.74, 6) is 0.522. The van der Waals surface area contributed by atoms with E-state index in [9.17, 15) is 9.90 Å². The van der Waals surface area contributed by atoms with E-state index in [1.807, 2.05) is 42.7 Å². The summed E-state index contributed by atoms with van der Waals surface area (Å²) in [6.07, 6.45) is 1.51. The van der Waals surface area contributed by atoms with Gasteiger partial charge in [0.1, 0.15) is 6.10 Å². The van der Waals surface area contributed by atoms with Crippen LogP contribution in [-0.4, -0.2) is 46.1 Å². The molecule has 0 saturated carbocycles. The minimum Gasteiger partial charge on any atom is -0.383 e. The number of nitrogens with zero attached hydrogens (tertiary/aromatic N) is 2. The van der Waals surface area contributed by atoms with Gasteiger partial charge in [0, 0.05) is 12.4 Å². The molecule has 0 aliphatic heterocycles. The number of carbonyl (C=O) groups is 1. The summed E-state index contributed by atoms with van der Waals surface area (Å²) in [7, 11) is 1.70. The van der Waals surface area contributed by atoms with Crippen LogP contribution >= 0.6 is 11.8 Å². The Hall–Kier alpha value is -1.59. The molecule has 0 fully saturated rings. The average Bonchev–Trinajstić information content (AvgIpc) is 2.51. The molecule has 0 saturated heterocycles. The molecular formula is C16H20N2O2S. The highest BCUT2D eigenvalue weighted by molar-refractivity contribution is 7.98. The number of amides is 1. The molecule has 1 amide bonds. The third-order valence-electron chi connectivity index (χ3n) is 3.31. The van der Waals surface area contributed by atoms with E-state index in [4.69, 9.17) is 0 Å². The topological polar surface area (TPSA) is 53.4 Å². The number of rotatable bonds is 6. The second-order valence-electron chi connectivity index (χ2n) is 4.99. The molecule has 112 valence electrons. The zero-order valence-corrected chi connectivity index (χ0v) is 13.1. The SMILES string of the molecule is CSCC[C@H](O)C(=O)N(C)Cc1ccc2ccccc2n1. The van der Waals surface area contributed by atoms with Gasteiger partial charge < -0.3 is 10.0 Å². The van der Waals surface area contributed by atoms with Gasteiger partial charge in [0.15, 0.2) is 0 Å². The first-order chi connectivity index (χ1) is 10.1. The van der Waals surface area contributed by atoms with Crippen molar-refractivity contribution in [3.63, 3.8) is 0 Å². The minimum absolute atomic E-state index is 0.251. The fourth-order valence-electron chi connectivity index (χ4n) is 2.12. The van der Waals surface area contributed by atoms with Crippen LogP contribution in [0.5, 0.6) is 0 Å². The minimum atomic E-state index is -0.928. The number of carbonyl (C=O) groups excluding carboxylic acids is 1. The summed E-state index contributed by atoms with van der Waals surface area (Å²) in [6.45, 7) is 0.403. The fourth-order valence-corrected chi connectivity index (χ4v) is 2.58. The molecule has 0 spiro atoms. The van der Waals surface area contributed by atoms with E-state index in [1.54, 1.807) is 18.8 Å². The lowest BCUT2D eigenvalue weighted by Crippen LogP contribution is -2.36. The standard InChI is InChI=1S/C16H20N2O2S/c1-18(16(20)15(19)9-10-21-2)11-13-8-7-12-5-3-4-6-14(12)17-13/h3-8,15,19H,9-11H2,1-2H3/t15-/m0/s1. The van der Waals surface area contributed by atoms with Crippen molar-refractivity contribution in [2.24, 2.45) is 0 Å². The van der Waals surface area contributed by atoms with Crippen molar-refractivity contribution in [2.45, 2.75) is 19.1 Å². The number of likely N-dealkylation sites (N-methyl/N-ethyl adjacent to an activating group) is 1. The largest absolute Gasteiger partial charge is 0.383 e. The number of fused-ring (bicyclic) bond motifs is 1. The lowest BCUT2D eigenvalue weighted by molar-refractivity contribution is -0.139. The van der Waals surface area contributed by atoms with Gasteiger partial charge in [-0.2, -0.15) is 11.8 Å². The summed E-state index contributed by atoms with van der Waals surface area (Å²) in [4.78, 5) is 18.1. The molecule has 1 heterocycles. The van der Waals surface area contributed by atoms with Crippen LogP contribution in [0.4, 0.5) is 0 Å². The van der Waals surface area contributed by atoms with E-state index in [-0.39, 0.29) is 5.91 Å². The molecular weight excluding hydrogens is 284 g/mol. The smallest absolute Gasteiger partial charge is 0.251 e. The Kier molecular flexibility index (Phi) is 5.59. The van der Waals surface area contributed by atoms with Gasteiger partial charge in [0.25, 0.3) is 5.91 Å². The molecule has 5 heteroatoms. The Morgan fingerprint density at radius 3 is 2.86 bits per heavy atom. The van der Waals surface area contributed by atoms with Crippen LogP contribution in [0.2, 0.25) is 0 Å². The van der Waals surface area contributed by atoms with Crippen LogP contribution in [-0.2, 0) is 11.3 Å². The normalized spacial score (nSPS) is 12.3. The number of aromatic nitrogens is 1. The molecule has 2 rings (SSSR count). The lowest BCUT2D eigenvalue weighted by atomic mass is 10.2. The van der Waals surface area contributed by atoms with Crippen molar-refractivity contribution in [2.75, 3.05) is 19.1 Å². The van der Waals surface area contributed by atoms with Gasteiger partial charge in [-0.05, 0) is 30.6 Å². The van der Waals surface area contributed by atoms with Crippen molar-refractivity contribution in [3.8, 4) is 0 Å². The molecule has 0 bridgehead atoms. The highest BCUT2D eigenvalue weighted by Gasteiger charge is 2.19. The zero-order valence-electron chi connectivity index (χ0n) is 12.3. The predicted molar refractivity (Wildman–Crippen MR) is 87.2 cm³/mol. The average molecular weight is 304 g/mol. The van der Waals surface area contributed by atoms with E-state index < -0.39 is 6.10 Å². The molecule has 21 heavy (non-hydrogen) atoms. The van der Waals surface area contributed by atoms with E-state index in [0.717, 1.165) is 22.3 Å². The van der Waals surface area contributed by atoms with Gasteiger partial charge in [0.05, 0.1) is 17.8 Å². The van der Waals surface area contributed by atoms with Gasteiger partial charge in [-0.3, -0.25) is 9.78 Å². The van der Waals surface area contributed by atoms with Crippen molar-refractivity contribution in [1.82, 2.24) is 9.88 Å². The number of benzene rings is 1. The maximum absolute atomic E-state index is 12.1. The quantitative estimate of drug-likeness (QED) is 0.890. The Balaban J connectivity index is 2.03. The van der Waals surface area contributed by atoms with Crippen LogP contribution in [0.15, 0.2) is 36.4 Å². The van der Waals surface area contributed by atoms with Crippen molar-refractivity contribution < 1.29 is 9.90 Å². The number of hydrogen-bond acceptors (Lipinski definition) is 4. The Morgan fingerprint density at radius 2 is 2.10 bits per heavy atom. The van der Waals surface area contributed by atoms with E-state index in [1.165, 1.54) is 4.90 Å². The third kappa shape index (κ3) is 4.19. The summed E-state index contributed by atoms with van der Waals surface area (Å²) in [5, 5.41) is 10.9. The third-order valence-corrected chi connectivity index (χ3v) is 3.96. The van der Waals surface area contributed by atoms with Crippen molar-refractivity contribution in [1.29, 1.82) is 0 Å². The van der Waals surface area contributed by atoms with Gasteiger partial charge >= 0.3 is 0 Å². The monoisotopic (exact) mass is 304 g/mol. The van der Waals surface area contributed by atoms with Crippen LogP contribution in [0, 0.1) is 0 Å². The van der Waals surface area contributed by atoms with Crippen LogP contribution in [0.3, 0.4) is 0 Å². The molecule has 0 unspecified atom stereocenters. The Morgan fingerprint density at radius 1 is 1.33 bits per heavy atom. The number of thioether (sulfide) groups is 1. The second kappa shape index (κ2) is 7.43. The van der Waals surface area contributed by atoms with E-state index in [0.29, 0.717) is 13.0 Å². The van der Waals surface area contributed by atoms with Gasteiger partial charge in [-0.1, -0.05) is 24.3 Å². The van der Waals surface area contributed by atoms with Crippen LogP contribution in [0.25, 0.3) is 10.9 Å². The van der Waals surface area contributed by atoms with Crippen molar-refractivity contribution >= 4 is 28.6 Å². The number of aliphatic hydroxyl groups excluding tert-OH is 1. The molecule has 1 aromatic carbocycles. The van der Waals surface area contributed by atoms with Gasteiger partial charge in [-0.15, -0.1) is 0 Å². The molecule has 0 aliphatic rings. The fraction of sp³-hybridized carbons (Fsp3) is 0.375. The zero-order chi connectivity index (χ0) is 15.2. The van der Waals surface area contributed by atoms with Gasteiger partial charge in [-0.25, -0.2) is 0 Å². The van der Waals surface area contributed by atoms with E-state index >= 15 is 0 Å². The number of para-hydroxylation sites is 1. The first-order valence-corrected chi connectivity index (χ1v) is 8.28. The van der Waals surface area contributed by atoms with Crippen LogP contribution < -0.4 is 0 Å². The van der Waals surface area contributed by atoms with E-state index in [2.05, 4.69) is 4.98 Å². The summed E-state index contributed by atoms with van der Waals surface area (Å²) in [6, 6.07) is 11.8. The highest BCUT2D eigenvalue weighted by atomic mass is 32.2. The summed E-state index contributed by atoms with van der Waals surface area (Å²) >= 11 is 1.62. The second-order valence-corrected chi connectivity index (χ2v) is 5.97. The van der Waals surface area contributed by atoms with Crippen molar-refractivity contribution in [3.05, 3.63) is 42.1 Å². The molecule has 4 nitrogen and oxygen atoms in total. The molecule has 0 radical (unpaired) electrons. The first kappa shape index (κ1) is 15.8. The molecule has 0 aliphatic carbocycles. The summed E-state index contributed by atoms with van der Waals surface area (Å²) in [5.41, 5.74) is 1.74. The summed E-state index contributed by atoms with van der Waals surface area (Å²) < 4.78 is 0. The first-order valence-electron chi connectivity index (χ1n) is 6.88. The van der Waals surface area contributed by atoms with Crippen LogP contribution in [0.1, 0.15) is 12.1 Å². The lowest BCUT2D eigenvalue weighted by Gasteiger charge is -2.20. The maximum atomic E-state index is 12.1. The Labute approximate surface area is 129 Å². The van der Waals surface area contributed by atoms with Gasteiger partial charge in [0.2, 0.25) is 0 Å². The molecule has 2 aromatic rings. The Bertz CT molecular complexity index is 618. The molecule has 1 atom stereocenters.